The van der Waals surface area contributed by atoms with E-state index in [0.29, 0.717) is 30.1 Å². The van der Waals surface area contributed by atoms with Gasteiger partial charge in [-0.3, -0.25) is 0 Å². The fourth-order valence-corrected chi connectivity index (χ4v) is 3.85. The number of urea groups is 1. The van der Waals surface area contributed by atoms with Gasteiger partial charge in [-0.1, -0.05) is 6.92 Å². The molecule has 2 amide bonds. The van der Waals surface area contributed by atoms with E-state index in [1.807, 2.05) is 27.5 Å². The molecule has 12 heteroatoms. The first-order chi connectivity index (χ1) is 15.7. The van der Waals surface area contributed by atoms with Crippen LogP contribution in [0.15, 0.2) is 36.7 Å². The maximum atomic E-state index is 14.4. The number of hydrogen-bond donors (Lipinski definition) is 2. The molecular formula is C21H26B2F2N6O2. The number of fused-ring (bicyclic) bond motifs is 1. The van der Waals surface area contributed by atoms with Crippen LogP contribution in [0.1, 0.15) is 25.3 Å². The highest BCUT2D eigenvalue weighted by molar-refractivity contribution is 6.41. The molecule has 1 fully saturated rings. The number of carbonyl (C=O) groups is 1. The molecule has 33 heavy (non-hydrogen) atoms. The highest BCUT2D eigenvalue weighted by Gasteiger charge is 2.29. The number of carbonyl (C=O) groups excluding carboxylic acids is 1. The van der Waals surface area contributed by atoms with Crippen LogP contribution in [-0.4, -0.2) is 70.9 Å². The van der Waals surface area contributed by atoms with Crippen LogP contribution in [0.5, 0.6) is 0 Å². The third-order valence-corrected chi connectivity index (χ3v) is 6.26. The highest BCUT2D eigenvalue weighted by Crippen LogP contribution is 2.27. The number of amides is 2. The summed E-state index contributed by atoms with van der Waals surface area (Å²) < 4.78 is 29.8. The summed E-state index contributed by atoms with van der Waals surface area (Å²) in [7, 11) is 4.02. The average Bonchev–Trinajstić information content (AvgIpc) is 3.40. The van der Waals surface area contributed by atoms with E-state index in [4.69, 9.17) is 4.98 Å². The molecule has 0 bridgehead atoms. The minimum atomic E-state index is -0.516. The molecule has 0 aliphatic carbocycles. The number of aromatic nitrogens is 3. The van der Waals surface area contributed by atoms with E-state index in [9.17, 15) is 18.7 Å². The Kier molecular flexibility index (Phi) is 6.29. The number of hydrogen-bond acceptors (Lipinski definition) is 5. The van der Waals surface area contributed by atoms with Crippen molar-refractivity contribution in [3.63, 3.8) is 0 Å². The van der Waals surface area contributed by atoms with Gasteiger partial charge in [-0.25, -0.2) is 23.1 Å². The van der Waals surface area contributed by atoms with Crippen molar-refractivity contribution in [2.24, 2.45) is 0 Å². The van der Waals surface area contributed by atoms with Crippen LogP contribution >= 0.6 is 0 Å². The van der Waals surface area contributed by atoms with Crippen LogP contribution in [0, 0.1) is 11.6 Å². The lowest BCUT2D eigenvalue weighted by Crippen LogP contribution is -2.50. The lowest BCUT2D eigenvalue weighted by Gasteiger charge is -2.40. The van der Waals surface area contributed by atoms with Gasteiger partial charge in [0.05, 0.1) is 12.3 Å². The summed E-state index contributed by atoms with van der Waals surface area (Å²) >= 11 is 0. The van der Waals surface area contributed by atoms with E-state index in [2.05, 4.69) is 10.4 Å². The van der Waals surface area contributed by atoms with Gasteiger partial charge in [0.25, 0.3) is 0 Å². The van der Waals surface area contributed by atoms with Gasteiger partial charge in [0.15, 0.2) is 5.65 Å². The summed E-state index contributed by atoms with van der Waals surface area (Å²) in [5.41, 5.74) is 1.08. The number of halogens is 2. The first-order valence-corrected chi connectivity index (χ1v) is 11.0. The molecule has 3 heterocycles. The van der Waals surface area contributed by atoms with Gasteiger partial charge in [-0.15, -0.1) is 0 Å². The Hall–Kier alpha value is -3.14. The number of aliphatic hydroxyl groups excluding tert-OH is 1. The van der Waals surface area contributed by atoms with Crippen molar-refractivity contribution in [2.75, 3.05) is 23.3 Å². The molecule has 1 unspecified atom stereocenters. The van der Waals surface area contributed by atoms with E-state index in [1.165, 1.54) is 21.7 Å². The van der Waals surface area contributed by atoms with E-state index >= 15 is 0 Å². The number of β-amino-alcohol motifs (C(OH)–C–C–N with tert-alkyl or cyclic N) is 1. The van der Waals surface area contributed by atoms with Crippen molar-refractivity contribution < 1.29 is 18.7 Å². The molecule has 1 saturated heterocycles. The van der Waals surface area contributed by atoms with Gasteiger partial charge >= 0.3 is 6.03 Å². The van der Waals surface area contributed by atoms with E-state index < -0.39 is 23.1 Å². The zero-order valence-electron chi connectivity index (χ0n) is 18.9. The molecule has 0 spiro atoms. The Morgan fingerprint density at radius 1 is 1.36 bits per heavy atom. The predicted octanol–water partition coefficient (Wildman–Crippen LogP) is 0.943. The minimum absolute atomic E-state index is 0.120. The zero-order valence-corrected chi connectivity index (χ0v) is 18.9. The van der Waals surface area contributed by atoms with Gasteiger partial charge in [0.1, 0.15) is 38.8 Å². The summed E-state index contributed by atoms with van der Waals surface area (Å²) in [4.78, 5) is 20.8. The quantitative estimate of drug-likeness (QED) is 0.542. The molecule has 2 aromatic heterocycles. The SMILES string of the molecule is BC(B)(CC)N(Cc1cc(F)ccc1F)c1ccn2ncc(NC(=O)N3CCC(O)C3)c2n1. The maximum absolute atomic E-state index is 14.4. The van der Waals surface area contributed by atoms with Gasteiger partial charge in [-0.05, 0) is 42.4 Å². The number of anilines is 2. The van der Waals surface area contributed by atoms with Gasteiger partial charge in [-0.2, -0.15) is 5.10 Å². The summed E-state index contributed by atoms with van der Waals surface area (Å²) in [5, 5.41) is 16.3. The van der Waals surface area contributed by atoms with Crippen molar-refractivity contribution in [1.29, 1.82) is 0 Å². The average molecular weight is 454 g/mol. The molecule has 1 aliphatic rings. The number of benzene rings is 1. The van der Waals surface area contributed by atoms with Crippen molar-refractivity contribution >= 4 is 38.9 Å². The van der Waals surface area contributed by atoms with Crippen molar-refractivity contribution in [3.05, 3.63) is 53.9 Å². The molecule has 0 radical (unpaired) electrons. The second-order valence-corrected chi connectivity index (χ2v) is 8.92. The highest BCUT2D eigenvalue weighted by atomic mass is 19.1. The minimum Gasteiger partial charge on any atom is -0.391 e. The Bertz CT molecular complexity index is 1170. The smallest absolute Gasteiger partial charge is 0.322 e. The molecular weight excluding hydrogens is 428 g/mol. The van der Waals surface area contributed by atoms with Crippen LogP contribution in [0.3, 0.4) is 0 Å². The van der Waals surface area contributed by atoms with Crippen LogP contribution in [0.4, 0.5) is 25.1 Å². The first kappa shape index (κ1) is 23.0. The molecule has 3 aromatic rings. The summed E-state index contributed by atoms with van der Waals surface area (Å²) in [6.07, 6.45) is 3.99. The van der Waals surface area contributed by atoms with E-state index in [1.54, 1.807) is 12.3 Å². The van der Waals surface area contributed by atoms with Crippen LogP contribution in [-0.2, 0) is 6.54 Å². The number of aliphatic hydroxyl groups is 1. The molecule has 172 valence electrons. The van der Waals surface area contributed by atoms with Crippen molar-refractivity contribution in [3.8, 4) is 0 Å². The second-order valence-electron chi connectivity index (χ2n) is 8.92. The van der Waals surface area contributed by atoms with Gasteiger partial charge in [0.2, 0.25) is 0 Å². The third kappa shape index (κ3) is 4.80. The maximum Gasteiger partial charge on any atom is 0.322 e. The summed E-state index contributed by atoms with van der Waals surface area (Å²) in [5.74, 6) is -0.443. The molecule has 2 N–H and O–H groups in total. The molecule has 4 rings (SSSR count). The molecule has 1 aromatic carbocycles. The Balaban J connectivity index is 1.67. The van der Waals surface area contributed by atoms with Gasteiger partial charge in [0, 0.05) is 31.4 Å². The first-order valence-electron chi connectivity index (χ1n) is 11.0. The fraction of sp³-hybridized carbons (Fsp3) is 0.381. The van der Waals surface area contributed by atoms with Crippen LogP contribution < -0.4 is 10.2 Å². The summed E-state index contributed by atoms with van der Waals surface area (Å²) in [6.45, 7) is 2.89. The standard InChI is InChI=1S/C21H26B2F2N6O2/c1-2-21(22,23)30(11-13-9-14(24)3-4-16(13)25)18-6-8-31-19(28-18)17(10-26-31)27-20(33)29-7-5-15(32)12-29/h3-4,6,8-10,15,32H,2,5,7,11-12,22-23H2,1H3,(H,27,33). The lowest BCUT2D eigenvalue weighted by molar-refractivity contribution is 0.176. The topological polar surface area (TPSA) is 86.0 Å². The number of likely N-dealkylation sites (tertiary alicyclic amines) is 1. The van der Waals surface area contributed by atoms with Gasteiger partial charge < -0.3 is 20.2 Å². The van der Waals surface area contributed by atoms with Crippen LogP contribution in [0.25, 0.3) is 5.65 Å². The van der Waals surface area contributed by atoms with E-state index in [0.717, 1.165) is 18.6 Å². The Morgan fingerprint density at radius 3 is 2.85 bits per heavy atom. The fourth-order valence-electron chi connectivity index (χ4n) is 3.85. The monoisotopic (exact) mass is 454 g/mol. The summed E-state index contributed by atoms with van der Waals surface area (Å²) in [6, 6.07) is 4.84. The largest absolute Gasteiger partial charge is 0.391 e. The molecule has 1 aliphatic heterocycles. The third-order valence-electron chi connectivity index (χ3n) is 6.26. The molecule has 8 nitrogen and oxygen atoms in total. The normalized spacial score (nSPS) is 16.4. The number of nitrogens with zero attached hydrogens (tertiary/aromatic N) is 5. The lowest BCUT2D eigenvalue weighted by atomic mass is 9.59. The Labute approximate surface area is 192 Å². The molecule has 1 atom stereocenters. The van der Waals surface area contributed by atoms with Crippen molar-refractivity contribution in [2.45, 2.75) is 37.8 Å². The number of nitrogens with one attached hydrogen (secondary N) is 1. The zero-order chi connectivity index (χ0) is 23.8. The predicted molar refractivity (Wildman–Crippen MR) is 127 cm³/mol. The Morgan fingerprint density at radius 2 is 2.15 bits per heavy atom. The van der Waals surface area contributed by atoms with Crippen molar-refractivity contribution in [1.82, 2.24) is 19.5 Å². The van der Waals surface area contributed by atoms with Crippen LogP contribution in [0.2, 0.25) is 0 Å². The molecule has 0 saturated carbocycles. The van der Waals surface area contributed by atoms with E-state index in [-0.39, 0.29) is 24.7 Å². The number of rotatable bonds is 6. The second kappa shape index (κ2) is 9.01.